The summed E-state index contributed by atoms with van der Waals surface area (Å²) in [7, 11) is -2.58. The number of sulfonamides is 1. The van der Waals surface area contributed by atoms with Crippen molar-refractivity contribution in [2.75, 3.05) is 7.11 Å². The van der Waals surface area contributed by atoms with Gasteiger partial charge in [0.15, 0.2) is 5.69 Å². The van der Waals surface area contributed by atoms with Crippen LogP contribution in [0, 0.1) is 6.92 Å². The van der Waals surface area contributed by atoms with Crippen molar-refractivity contribution >= 4 is 26.8 Å². The van der Waals surface area contributed by atoms with Crippen LogP contribution < -0.4 is 9.46 Å². The smallest absolute Gasteiger partial charge is 0.286 e. The number of hydrogen-bond donors (Lipinski definition) is 1. The summed E-state index contributed by atoms with van der Waals surface area (Å²) in [5, 5.41) is 4.69. The second-order valence-electron chi connectivity index (χ2n) is 6.44. The molecule has 0 fully saturated rings. The largest absolute Gasteiger partial charge is 0.497 e. The number of aryl methyl sites for hydroxylation is 1. The molecular formula is C20H17N5O4S. The first-order chi connectivity index (χ1) is 14.4. The zero-order valence-corrected chi connectivity index (χ0v) is 16.9. The molecule has 2 aromatic carbocycles. The number of rotatable bonds is 5. The van der Waals surface area contributed by atoms with E-state index in [1.54, 1.807) is 48.8 Å². The third-order valence-corrected chi connectivity index (χ3v) is 5.75. The van der Waals surface area contributed by atoms with Gasteiger partial charge in [0.2, 0.25) is 0 Å². The number of amides is 1. The maximum absolute atomic E-state index is 12.9. The summed E-state index contributed by atoms with van der Waals surface area (Å²) in [6.07, 6.45) is 3.09. The van der Waals surface area contributed by atoms with E-state index in [2.05, 4.69) is 19.8 Å². The standard InChI is InChI=1S/C20H17N5O4S/c1-13-4-7-15(8-5-13)30(27,28)24-19(26)18-16-12-14(29-2)6-9-17(16)25(23-18)20-21-10-3-11-22-20/h3-12H,1-2H3,(H,24,26). The number of fused-ring (bicyclic) bond motifs is 1. The lowest BCUT2D eigenvalue weighted by Gasteiger charge is -2.06. The van der Waals surface area contributed by atoms with E-state index >= 15 is 0 Å². The fraction of sp³-hybridized carbons (Fsp3) is 0.100. The van der Waals surface area contributed by atoms with Crippen molar-refractivity contribution in [2.45, 2.75) is 11.8 Å². The van der Waals surface area contributed by atoms with Crippen molar-refractivity contribution in [3.05, 3.63) is 72.2 Å². The molecule has 152 valence electrons. The molecule has 0 atom stereocenters. The molecule has 2 aromatic heterocycles. The summed E-state index contributed by atoms with van der Waals surface area (Å²) in [4.78, 5) is 21.2. The maximum Gasteiger partial charge on any atom is 0.286 e. The molecule has 0 unspecified atom stereocenters. The van der Waals surface area contributed by atoms with Gasteiger partial charge in [0.05, 0.1) is 17.5 Å². The number of benzene rings is 2. The molecule has 4 aromatic rings. The number of aromatic nitrogens is 4. The zero-order valence-electron chi connectivity index (χ0n) is 16.1. The van der Waals surface area contributed by atoms with Gasteiger partial charge in [-0.3, -0.25) is 4.79 Å². The van der Waals surface area contributed by atoms with Gasteiger partial charge >= 0.3 is 0 Å². The Bertz CT molecular complexity index is 1330. The van der Waals surface area contributed by atoms with E-state index in [9.17, 15) is 13.2 Å². The summed E-state index contributed by atoms with van der Waals surface area (Å²) < 4.78 is 34.0. The van der Waals surface area contributed by atoms with Crippen molar-refractivity contribution in [1.29, 1.82) is 0 Å². The number of hydrogen-bond acceptors (Lipinski definition) is 7. The molecule has 0 saturated carbocycles. The van der Waals surface area contributed by atoms with Crippen LogP contribution in [0.15, 0.2) is 65.8 Å². The van der Waals surface area contributed by atoms with Crippen LogP contribution in [0.4, 0.5) is 0 Å². The minimum absolute atomic E-state index is 0.0193. The lowest BCUT2D eigenvalue weighted by Crippen LogP contribution is -2.31. The Morgan fingerprint density at radius 2 is 1.77 bits per heavy atom. The van der Waals surface area contributed by atoms with E-state index in [1.165, 1.54) is 23.9 Å². The Labute approximate surface area is 172 Å². The van der Waals surface area contributed by atoms with Gasteiger partial charge in [0.1, 0.15) is 5.75 Å². The van der Waals surface area contributed by atoms with E-state index in [1.807, 2.05) is 6.92 Å². The van der Waals surface area contributed by atoms with Crippen molar-refractivity contribution < 1.29 is 17.9 Å². The van der Waals surface area contributed by atoms with Gasteiger partial charge in [0.25, 0.3) is 21.9 Å². The molecule has 4 rings (SSSR count). The monoisotopic (exact) mass is 423 g/mol. The first kappa shape index (κ1) is 19.5. The van der Waals surface area contributed by atoms with Crippen LogP contribution in [0.1, 0.15) is 16.1 Å². The number of ether oxygens (including phenoxy) is 1. The lowest BCUT2D eigenvalue weighted by molar-refractivity contribution is 0.0977. The van der Waals surface area contributed by atoms with Gasteiger partial charge in [-0.1, -0.05) is 17.7 Å². The quantitative estimate of drug-likeness (QED) is 0.523. The number of carbonyl (C=O) groups is 1. The van der Waals surface area contributed by atoms with E-state index in [0.29, 0.717) is 16.7 Å². The third-order valence-electron chi connectivity index (χ3n) is 4.40. The summed E-state index contributed by atoms with van der Waals surface area (Å²) in [5.74, 6) is -0.136. The fourth-order valence-corrected chi connectivity index (χ4v) is 3.84. The van der Waals surface area contributed by atoms with Gasteiger partial charge in [-0.05, 0) is 43.3 Å². The molecule has 0 aliphatic rings. The molecule has 1 N–H and O–H groups in total. The first-order valence-corrected chi connectivity index (χ1v) is 10.4. The molecule has 0 saturated heterocycles. The maximum atomic E-state index is 12.9. The molecule has 1 amide bonds. The van der Waals surface area contributed by atoms with Crippen LogP contribution in [0.3, 0.4) is 0 Å². The predicted molar refractivity (Wildman–Crippen MR) is 109 cm³/mol. The molecule has 0 radical (unpaired) electrons. The Kier molecular flexibility index (Phi) is 4.92. The first-order valence-electron chi connectivity index (χ1n) is 8.87. The number of carbonyl (C=O) groups excluding carboxylic acids is 1. The summed E-state index contributed by atoms with van der Waals surface area (Å²) in [6.45, 7) is 1.84. The van der Waals surface area contributed by atoms with E-state index in [0.717, 1.165) is 5.56 Å². The normalized spacial score (nSPS) is 11.4. The molecule has 0 aliphatic heterocycles. The van der Waals surface area contributed by atoms with Gasteiger partial charge in [0, 0.05) is 17.8 Å². The second kappa shape index (κ2) is 7.56. The molecular weight excluding hydrogens is 406 g/mol. The lowest BCUT2D eigenvalue weighted by atomic mass is 10.2. The van der Waals surface area contributed by atoms with Gasteiger partial charge < -0.3 is 4.74 Å². The van der Waals surface area contributed by atoms with Crippen LogP contribution >= 0.6 is 0 Å². The molecule has 0 bridgehead atoms. The summed E-state index contributed by atoms with van der Waals surface area (Å²) in [6, 6.07) is 12.8. The van der Waals surface area contributed by atoms with Crippen LogP contribution in [-0.4, -0.2) is 41.2 Å². The average Bonchev–Trinajstić information content (AvgIpc) is 3.13. The number of methoxy groups -OCH3 is 1. The van der Waals surface area contributed by atoms with Crippen LogP contribution in [0.5, 0.6) is 5.75 Å². The van der Waals surface area contributed by atoms with Crippen molar-refractivity contribution in [3.8, 4) is 11.7 Å². The van der Waals surface area contributed by atoms with E-state index in [4.69, 9.17) is 4.74 Å². The van der Waals surface area contributed by atoms with Gasteiger partial charge in [-0.25, -0.2) is 23.1 Å². The highest BCUT2D eigenvalue weighted by atomic mass is 32.2. The highest BCUT2D eigenvalue weighted by Gasteiger charge is 2.24. The Morgan fingerprint density at radius 3 is 2.43 bits per heavy atom. The third kappa shape index (κ3) is 3.60. The minimum Gasteiger partial charge on any atom is -0.497 e. The number of nitrogens with one attached hydrogen (secondary N) is 1. The highest BCUT2D eigenvalue weighted by Crippen LogP contribution is 2.26. The molecule has 0 spiro atoms. The van der Waals surface area contributed by atoms with Crippen LogP contribution in [0.2, 0.25) is 0 Å². The topological polar surface area (TPSA) is 116 Å². The Morgan fingerprint density at radius 1 is 1.07 bits per heavy atom. The van der Waals surface area contributed by atoms with Crippen LogP contribution in [0.25, 0.3) is 16.9 Å². The fourth-order valence-electron chi connectivity index (χ4n) is 2.89. The van der Waals surface area contributed by atoms with Crippen LogP contribution in [-0.2, 0) is 10.0 Å². The Balaban J connectivity index is 1.79. The highest BCUT2D eigenvalue weighted by molar-refractivity contribution is 7.90. The van der Waals surface area contributed by atoms with Crippen molar-refractivity contribution in [3.63, 3.8) is 0 Å². The second-order valence-corrected chi connectivity index (χ2v) is 8.12. The minimum atomic E-state index is -4.08. The molecule has 0 aliphatic carbocycles. The molecule has 9 nitrogen and oxygen atoms in total. The average molecular weight is 423 g/mol. The summed E-state index contributed by atoms with van der Waals surface area (Å²) >= 11 is 0. The molecule has 30 heavy (non-hydrogen) atoms. The van der Waals surface area contributed by atoms with Gasteiger partial charge in [-0.2, -0.15) is 9.78 Å². The Hall–Kier alpha value is -3.79. The summed E-state index contributed by atoms with van der Waals surface area (Å²) in [5.41, 5.74) is 1.34. The van der Waals surface area contributed by atoms with Crippen molar-refractivity contribution in [2.24, 2.45) is 0 Å². The van der Waals surface area contributed by atoms with E-state index < -0.39 is 15.9 Å². The molecule has 10 heteroatoms. The van der Waals surface area contributed by atoms with Crippen molar-refractivity contribution in [1.82, 2.24) is 24.5 Å². The SMILES string of the molecule is COc1ccc2c(c1)c(C(=O)NS(=O)(=O)c1ccc(C)cc1)nn2-c1ncccn1. The van der Waals surface area contributed by atoms with Gasteiger partial charge in [-0.15, -0.1) is 0 Å². The zero-order chi connectivity index (χ0) is 21.3. The molecule has 2 heterocycles. The predicted octanol–water partition coefficient (Wildman–Crippen LogP) is 2.25. The van der Waals surface area contributed by atoms with E-state index in [-0.39, 0.29) is 16.5 Å². The number of nitrogens with zero attached hydrogens (tertiary/aromatic N) is 4.